The van der Waals surface area contributed by atoms with Gasteiger partial charge in [-0.25, -0.2) is 17.8 Å². The van der Waals surface area contributed by atoms with Crippen LogP contribution in [0.15, 0.2) is 30.6 Å². The van der Waals surface area contributed by atoms with Crippen LogP contribution in [0, 0.1) is 0 Å². The van der Waals surface area contributed by atoms with Crippen molar-refractivity contribution in [3.05, 3.63) is 30.6 Å². The van der Waals surface area contributed by atoms with Crippen LogP contribution in [0.4, 0.5) is 43.9 Å². The maximum atomic E-state index is 12.4. The Morgan fingerprint density at radius 3 is 1.44 bits per heavy atom. The lowest BCUT2D eigenvalue weighted by atomic mass is 10.1. The molecule has 0 aromatic carbocycles. The van der Waals surface area contributed by atoms with Crippen molar-refractivity contribution in [2.45, 2.75) is 29.4 Å². The molecule has 15 heteroatoms. The summed E-state index contributed by atoms with van der Waals surface area (Å²) in [6.45, 7) is 0. The first-order chi connectivity index (χ1) is 10.9. The maximum Gasteiger partial charge on any atom is 0.425 e. The molecule has 1 N–H and O–H groups in total. The van der Waals surface area contributed by atoms with E-state index in [4.69, 9.17) is 0 Å². The summed E-state index contributed by atoms with van der Waals surface area (Å²) in [7, 11) is -7.47. The first-order valence-electron chi connectivity index (χ1n) is 5.61. The van der Waals surface area contributed by atoms with Crippen LogP contribution in [0.1, 0.15) is 0 Å². The minimum absolute atomic E-state index is 1.88. The van der Waals surface area contributed by atoms with Crippen LogP contribution in [0.3, 0.4) is 0 Å². The largest absolute Gasteiger partial charge is 0.743 e. The zero-order valence-corrected chi connectivity index (χ0v) is 12.2. The fraction of sp³-hybridized carbons (Fsp3) is 0.500. The van der Waals surface area contributed by atoms with Crippen LogP contribution in [-0.2, 0) is 10.1 Å². The topological polar surface area (TPSA) is 71.3 Å². The summed E-state index contributed by atoms with van der Waals surface area (Å²) in [4.78, 5) is 2.89. The van der Waals surface area contributed by atoms with Gasteiger partial charge in [0.15, 0.2) is 22.5 Å². The number of rotatable bonds is 4. The third-order valence-electron chi connectivity index (χ3n) is 2.31. The molecule has 146 valence electrons. The molecule has 1 aromatic heterocycles. The van der Waals surface area contributed by atoms with Gasteiger partial charge in [-0.15, -0.1) is 0 Å². The number of aromatic amines is 1. The summed E-state index contributed by atoms with van der Waals surface area (Å²) in [5.41, 5.74) is 0. The van der Waals surface area contributed by atoms with E-state index in [1.54, 1.807) is 0 Å². The minimum atomic E-state index is -7.47. The van der Waals surface area contributed by atoms with Crippen molar-refractivity contribution in [3.8, 4) is 0 Å². The Kier molecular flexibility index (Phi) is 6.83. The van der Waals surface area contributed by atoms with E-state index in [-0.39, 0.29) is 0 Å². The fourth-order valence-electron chi connectivity index (χ4n) is 1.06. The van der Waals surface area contributed by atoms with E-state index in [2.05, 4.69) is 4.98 Å². The van der Waals surface area contributed by atoms with E-state index in [0.29, 0.717) is 0 Å². The van der Waals surface area contributed by atoms with Crippen molar-refractivity contribution in [1.29, 1.82) is 0 Å². The monoisotopic (exact) mass is 411 g/mol. The molecule has 4 nitrogen and oxygen atoms in total. The molecule has 0 fully saturated rings. The van der Waals surface area contributed by atoms with Crippen molar-refractivity contribution >= 4 is 10.1 Å². The van der Waals surface area contributed by atoms with Crippen molar-refractivity contribution in [2.75, 3.05) is 0 Å². The molecule has 1 rings (SSSR count). The van der Waals surface area contributed by atoms with Crippen molar-refractivity contribution in [3.63, 3.8) is 0 Å². The van der Waals surface area contributed by atoms with Crippen molar-refractivity contribution in [2.24, 2.45) is 0 Å². The number of hydrogen-bond acceptors (Lipinski definition) is 3. The Labute approximate surface area is 133 Å². The van der Waals surface area contributed by atoms with Gasteiger partial charge in [-0.3, -0.25) is 0 Å². The Balaban J connectivity index is 0.000000796. The van der Waals surface area contributed by atoms with Gasteiger partial charge in [-0.1, -0.05) is 6.07 Å². The van der Waals surface area contributed by atoms with Crippen LogP contribution >= 0.6 is 0 Å². The summed E-state index contributed by atoms with van der Waals surface area (Å²) >= 11 is 0. The van der Waals surface area contributed by atoms with E-state index in [1.165, 1.54) is 0 Å². The SMILES string of the molecule is O=S(=O)([O-])C(F)(F)C(F)(F)C(F)(F)C(F)C(F)(F)F.c1cc[nH+]cc1. The summed E-state index contributed by atoms with van der Waals surface area (Å²) in [5, 5.41) is -7.14. The number of nitrogens with one attached hydrogen (secondary N) is 1. The molecule has 0 bridgehead atoms. The first-order valence-corrected chi connectivity index (χ1v) is 7.02. The van der Waals surface area contributed by atoms with Gasteiger partial charge < -0.3 is 4.55 Å². The normalized spacial score (nSPS) is 15.2. The number of hydrogen-bond donors (Lipinski definition) is 0. The predicted octanol–water partition coefficient (Wildman–Crippen LogP) is 2.80. The van der Waals surface area contributed by atoms with Crippen molar-refractivity contribution < 1.29 is 61.9 Å². The van der Waals surface area contributed by atoms with Crippen LogP contribution in [-0.4, -0.2) is 42.4 Å². The second-order valence-corrected chi connectivity index (χ2v) is 5.57. The first kappa shape index (κ1) is 23.4. The van der Waals surface area contributed by atoms with Crippen LogP contribution in [0.5, 0.6) is 0 Å². The highest BCUT2D eigenvalue weighted by atomic mass is 32.2. The van der Waals surface area contributed by atoms with Gasteiger partial charge in [-0.05, 0) is 0 Å². The van der Waals surface area contributed by atoms with Gasteiger partial charge in [0.1, 0.15) is 0 Å². The van der Waals surface area contributed by atoms with Crippen LogP contribution in [0.25, 0.3) is 0 Å². The molecule has 0 saturated carbocycles. The van der Waals surface area contributed by atoms with E-state index >= 15 is 0 Å². The van der Waals surface area contributed by atoms with Crippen molar-refractivity contribution in [1.82, 2.24) is 0 Å². The molecule has 1 unspecified atom stereocenters. The Bertz CT molecular complexity index is 620. The number of pyridine rings is 1. The molecule has 25 heavy (non-hydrogen) atoms. The Hall–Kier alpha value is -1.64. The Morgan fingerprint density at radius 2 is 1.24 bits per heavy atom. The van der Waals surface area contributed by atoms with E-state index in [1.807, 2.05) is 30.6 Å². The highest BCUT2D eigenvalue weighted by Crippen LogP contribution is 2.52. The second kappa shape index (κ2) is 7.31. The lowest BCUT2D eigenvalue weighted by molar-refractivity contribution is -0.377. The van der Waals surface area contributed by atoms with Gasteiger partial charge in [0.05, 0.1) is 0 Å². The highest BCUT2D eigenvalue weighted by Gasteiger charge is 2.80. The third kappa shape index (κ3) is 4.93. The minimum Gasteiger partial charge on any atom is -0.743 e. The molecule has 0 saturated heterocycles. The number of aromatic nitrogens is 1. The zero-order valence-electron chi connectivity index (χ0n) is 11.4. The number of alkyl halides is 10. The molecule has 0 amide bonds. The predicted molar refractivity (Wildman–Crippen MR) is 58.5 cm³/mol. The maximum absolute atomic E-state index is 12.4. The lowest BCUT2D eigenvalue weighted by Crippen LogP contribution is -2.63. The van der Waals surface area contributed by atoms with E-state index in [9.17, 15) is 56.9 Å². The second-order valence-electron chi connectivity index (χ2n) is 4.15. The molecule has 1 atom stereocenters. The molecular formula is C10H7F10NO3S. The highest BCUT2D eigenvalue weighted by molar-refractivity contribution is 7.86. The van der Waals surface area contributed by atoms with Gasteiger partial charge in [0, 0.05) is 12.1 Å². The standard InChI is InChI=1S/C5H2F10O3S.C5H5N/c6-1(3(9,10)11)2(7,8)4(12,13)5(14,15)19(16,17)18;1-2-4-6-5-3-1/h1H,(H,16,17,18);1-5H. The fourth-order valence-corrected chi connectivity index (χ4v) is 1.51. The molecule has 1 aromatic rings. The summed E-state index contributed by atoms with van der Waals surface area (Å²) < 4.78 is 150. The number of halogens is 10. The van der Waals surface area contributed by atoms with Gasteiger partial charge >= 0.3 is 23.3 Å². The summed E-state index contributed by atoms with van der Waals surface area (Å²) in [5.74, 6) is -14.6. The third-order valence-corrected chi connectivity index (χ3v) is 3.20. The molecule has 0 aliphatic heterocycles. The smallest absolute Gasteiger partial charge is 0.425 e. The lowest BCUT2D eigenvalue weighted by Gasteiger charge is -2.35. The Morgan fingerprint density at radius 1 is 0.840 bits per heavy atom. The van der Waals surface area contributed by atoms with Gasteiger partial charge in [0.2, 0.25) is 0 Å². The van der Waals surface area contributed by atoms with E-state index < -0.39 is 39.6 Å². The van der Waals surface area contributed by atoms with Gasteiger partial charge in [-0.2, -0.15) is 39.5 Å². The molecule has 0 aliphatic rings. The van der Waals surface area contributed by atoms with E-state index in [0.717, 1.165) is 0 Å². The number of H-pyrrole nitrogens is 1. The molecule has 0 radical (unpaired) electrons. The summed E-state index contributed by atoms with van der Waals surface area (Å²) in [6.07, 6.45) is -8.74. The molecule has 0 spiro atoms. The average Bonchev–Trinajstić information content (AvgIpc) is 2.46. The molecule has 1 heterocycles. The van der Waals surface area contributed by atoms with Crippen LogP contribution < -0.4 is 4.98 Å². The average molecular weight is 411 g/mol. The molecular weight excluding hydrogens is 404 g/mol. The van der Waals surface area contributed by atoms with Gasteiger partial charge in [0.25, 0.3) is 6.17 Å². The zero-order chi connectivity index (χ0) is 20.3. The molecule has 0 aliphatic carbocycles. The quantitative estimate of drug-likeness (QED) is 0.565. The van der Waals surface area contributed by atoms with Crippen LogP contribution in [0.2, 0.25) is 0 Å². The summed E-state index contributed by atoms with van der Waals surface area (Å²) in [6, 6.07) is 5.86.